The van der Waals surface area contributed by atoms with Crippen LogP contribution in [0.2, 0.25) is 5.02 Å². The number of amides is 3. The van der Waals surface area contributed by atoms with E-state index in [-0.39, 0.29) is 25.0 Å². The monoisotopic (exact) mass is 462 g/mol. The Morgan fingerprint density at radius 3 is 2.31 bits per heavy atom. The summed E-state index contributed by atoms with van der Waals surface area (Å²) < 4.78 is 16.0. The summed E-state index contributed by atoms with van der Waals surface area (Å²) >= 11 is 6.22. The highest BCUT2D eigenvalue weighted by Gasteiger charge is 2.32. The van der Waals surface area contributed by atoms with Gasteiger partial charge in [0.15, 0.2) is 0 Å². The average molecular weight is 463 g/mol. The fraction of sp³-hybridized carbons (Fsp3) is 0.435. The molecule has 8 nitrogen and oxygen atoms in total. The van der Waals surface area contributed by atoms with Crippen molar-refractivity contribution in [3.05, 3.63) is 46.5 Å². The average Bonchev–Trinajstić information content (AvgIpc) is 2.72. The van der Waals surface area contributed by atoms with E-state index >= 15 is 0 Å². The zero-order valence-electron chi connectivity index (χ0n) is 18.4. The van der Waals surface area contributed by atoms with E-state index in [1.807, 2.05) is 0 Å². The lowest BCUT2D eigenvalue weighted by atomic mass is 9.94. The van der Waals surface area contributed by atoms with Gasteiger partial charge in [0.25, 0.3) is 11.8 Å². The van der Waals surface area contributed by atoms with E-state index in [0.29, 0.717) is 53.3 Å². The minimum absolute atomic E-state index is 0.135. The number of imide groups is 1. The van der Waals surface area contributed by atoms with Crippen molar-refractivity contribution in [1.82, 2.24) is 10.2 Å². The molecule has 32 heavy (non-hydrogen) atoms. The van der Waals surface area contributed by atoms with Gasteiger partial charge < -0.3 is 19.5 Å². The molecular weight excluding hydrogens is 436 g/mol. The summed E-state index contributed by atoms with van der Waals surface area (Å²) in [5.41, 5.74) is 0.373. The SMILES string of the molecule is CC(C)(C)OC(=O)NCCOCCOCCN1C(=O)c2cccc3c(Cl)ccc(c23)C1=O. The topological polar surface area (TPSA) is 94.2 Å². The highest BCUT2D eigenvalue weighted by molar-refractivity contribution is 6.38. The van der Waals surface area contributed by atoms with Crippen LogP contribution in [-0.4, -0.2) is 67.9 Å². The molecule has 2 aromatic rings. The Kier molecular flexibility index (Phi) is 7.71. The Hall–Kier alpha value is -2.68. The van der Waals surface area contributed by atoms with E-state index in [1.54, 1.807) is 51.1 Å². The quantitative estimate of drug-likeness (QED) is 0.451. The number of ether oxygens (including phenoxy) is 3. The van der Waals surface area contributed by atoms with E-state index in [9.17, 15) is 14.4 Å². The molecule has 0 unspecified atom stereocenters. The summed E-state index contributed by atoms with van der Waals surface area (Å²) in [5.74, 6) is -0.716. The molecule has 0 saturated heterocycles. The Bertz CT molecular complexity index is 995. The van der Waals surface area contributed by atoms with E-state index in [0.717, 1.165) is 0 Å². The minimum atomic E-state index is -0.544. The Morgan fingerprint density at radius 1 is 0.969 bits per heavy atom. The lowest BCUT2D eigenvalue weighted by molar-refractivity contribution is 0.0310. The molecule has 172 valence electrons. The van der Waals surface area contributed by atoms with Gasteiger partial charge in [-0.3, -0.25) is 14.5 Å². The molecular formula is C23H27ClN2O6. The van der Waals surface area contributed by atoms with Gasteiger partial charge in [-0.25, -0.2) is 4.79 Å². The van der Waals surface area contributed by atoms with Crippen molar-refractivity contribution in [2.75, 3.05) is 39.5 Å². The maximum Gasteiger partial charge on any atom is 0.407 e. The first-order chi connectivity index (χ1) is 15.2. The fourth-order valence-electron chi connectivity index (χ4n) is 3.33. The van der Waals surface area contributed by atoms with Crippen LogP contribution in [0.1, 0.15) is 41.5 Å². The van der Waals surface area contributed by atoms with Gasteiger partial charge in [-0.05, 0) is 39.0 Å². The van der Waals surface area contributed by atoms with Crippen LogP contribution in [0.4, 0.5) is 4.79 Å². The summed E-state index contributed by atoms with van der Waals surface area (Å²) in [6.45, 7) is 6.95. The molecule has 3 rings (SSSR count). The molecule has 0 spiro atoms. The van der Waals surface area contributed by atoms with Gasteiger partial charge in [0.1, 0.15) is 5.60 Å². The number of alkyl carbamates (subject to hydrolysis) is 1. The fourth-order valence-corrected chi connectivity index (χ4v) is 3.55. The Labute approximate surface area is 191 Å². The largest absolute Gasteiger partial charge is 0.444 e. The van der Waals surface area contributed by atoms with E-state index in [4.69, 9.17) is 25.8 Å². The van der Waals surface area contributed by atoms with E-state index < -0.39 is 11.7 Å². The molecule has 0 aliphatic carbocycles. The van der Waals surface area contributed by atoms with Crippen LogP contribution >= 0.6 is 11.6 Å². The highest BCUT2D eigenvalue weighted by atomic mass is 35.5. The molecule has 1 N–H and O–H groups in total. The summed E-state index contributed by atoms with van der Waals surface area (Å²) in [5, 5.41) is 4.39. The van der Waals surface area contributed by atoms with Gasteiger partial charge in [0, 0.05) is 33.5 Å². The van der Waals surface area contributed by atoms with E-state index in [2.05, 4.69) is 5.32 Å². The first-order valence-electron chi connectivity index (χ1n) is 10.4. The lowest BCUT2D eigenvalue weighted by Gasteiger charge is -2.27. The molecule has 1 aliphatic rings. The second-order valence-corrected chi connectivity index (χ2v) is 8.65. The Balaban J connectivity index is 1.39. The third kappa shape index (κ3) is 5.76. The molecule has 0 bridgehead atoms. The molecule has 3 amide bonds. The molecule has 0 radical (unpaired) electrons. The predicted octanol–water partition coefficient (Wildman–Crippen LogP) is 3.65. The molecule has 1 aliphatic heterocycles. The molecule has 9 heteroatoms. The van der Waals surface area contributed by atoms with Crippen molar-refractivity contribution >= 4 is 40.3 Å². The number of nitrogens with one attached hydrogen (secondary N) is 1. The van der Waals surface area contributed by atoms with E-state index in [1.165, 1.54) is 4.90 Å². The van der Waals surface area contributed by atoms with Gasteiger partial charge in [0.2, 0.25) is 0 Å². The first-order valence-corrected chi connectivity index (χ1v) is 10.8. The third-order valence-corrected chi connectivity index (χ3v) is 5.01. The Morgan fingerprint density at radius 2 is 1.62 bits per heavy atom. The number of carbonyl (C=O) groups excluding carboxylic acids is 3. The summed E-state index contributed by atoms with van der Waals surface area (Å²) in [4.78, 5) is 38.4. The number of benzene rings is 2. The van der Waals surface area contributed by atoms with Crippen LogP contribution < -0.4 is 5.32 Å². The van der Waals surface area contributed by atoms with Crippen LogP contribution in [0.15, 0.2) is 30.3 Å². The number of hydrogen-bond acceptors (Lipinski definition) is 6. The summed E-state index contributed by atoms with van der Waals surface area (Å²) in [6.07, 6.45) is -0.493. The number of nitrogens with zero attached hydrogens (tertiary/aromatic N) is 1. The standard InChI is InChI=1S/C23H27ClN2O6/c1-23(2,3)32-22(29)25-9-11-30-13-14-31-12-10-26-20(27)16-6-4-5-15-18(24)8-7-17(19(15)16)21(26)28/h4-8H,9-14H2,1-3H3,(H,25,29). The van der Waals surface area contributed by atoms with Crippen LogP contribution in [0, 0.1) is 0 Å². The minimum Gasteiger partial charge on any atom is -0.444 e. The normalized spacial score (nSPS) is 13.6. The van der Waals surface area contributed by atoms with Gasteiger partial charge in [-0.2, -0.15) is 0 Å². The van der Waals surface area contributed by atoms with Crippen molar-refractivity contribution in [1.29, 1.82) is 0 Å². The zero-order valence-corrected chi connectivity index (χ0v) is 19.2. The van der Waals surface area contributed by atoms with Crippen LogP contribution in [-0.2, 0) is 14.2 Å². The van der Waals surface area contributed by atoms with Crippen molar-refractivity contribution < 1.29 is 28.6 Å². The van der Waals surface area contributed by atoms with Crippen molar-refractivity contribution in [2.24, 2.45) is 0 Å². The van der Waals surface area contributed by atoms with Crippen molar-refractivity contribution in [3.63, 3.8) is 0 Å². The van der Waals surface area contributed by atoms with Crippen molar-refractivity contribution in [3.8, 4) is 0 Å². The highest BCUT2D eigenvalue weighted by Crippen LogP contribution is 2.33. The molecule has 1 heterocycles. The second kappa shape index (κ2) is 10.3. The predicted molar refractivity (Wildman–Crippen MR) is 120 cm³/mol. The molecule has 0 saturated carbocycles. The third-order valence-electron chi connectivity index (χ3n) is 4.68. The maximum atomic E-state index is 12.8. The van der Waals surface area contributed by atoms with Gasteiger partial charge in [-0.1, -0.05) is 23.7 Å². The van der Waals surface area contributed by atoms with Gasteiger partial charge in [0.05, 0.1) is 33.0 Å². The lowest BCUT2D eigenvalue weighted by Crippen LogP contribution is -2.42. The van der Waals surface area contributed by atoms with Crippen LogP contribution in [0.3, 0.4) is 0 Å². The number of halogens is 1. The van der Waals surface area contributed by atoms with Crippen LogP contribution in [0.25, 0.3) is 10.8 Å². The molecule has 2 aromatic carbocycles. The molecule has 0 aromatic heterocycles. The molecule has 0 fully saturated rings. The van der Waals surface area contributed by atoms with Gasteiger partial charge in [-0.15, -0.1) is 0 Å². The van der Waals surface area contributed by atoms with Crippen molar-refractivity contribution in [2.45, 2.75) is 26.4 Å². The smallest absolute Gasteiger partial charge is 0.407 e. The summed E-state index contributed by atoms with van der Waals surface area (Å²) in [7, 11) is 0. The maximum absolute atomic E-state index is 12.8. The zero-order chi connectivity index (χ0) is 23.3. The second-order valence-electron chi connectivity index (χ2n) is 8.24. The molecule has 0 atom stereocenters. The summed E-state index contributed by atoms with van der Waals surface area (Å²) in [6, 6.07) is 8.57. The van der Waals surface area contributed by atoms with Gasteiger partial charge >= 0.3 is 6.09 Å². The van der Waals surface area contributed by atoms with Crippen LogP contribution in [0.5, 0.6) is 0 Å². The first kappa shape index (κ1) is 24.0. The number of rotatable bonds is 9. The number of carbonyl (C=O) groups is 3. The number of hydrogen-bond donors (Lipinski definition) is 1.